The molecule has 0 atom stereocenters. The Hall–Kier alpha value is -1.28. The molecule has 0 aliphatic carbocycles. The van der Waals surface area contributed by atoms with E-state index in [1.165, 1.54) is 10.6 Å². The van der Waals surface area contributed by atoms with E-state index in [2.05, 4.69) is 63.9 Å². The van der Waals surface area contributed by atoms with Crippen molar-refractivity contribution in [1.82, 2.24) is 5.32 Å². The van der Waals surface area contributed by atoms with Crippen LogP contribution in [-0.2, 0) is 6.42 Å². The number of nitrogens with one attached hydrogen (secondary N) is 1. The summed E-state index contributed by atoms with van der Waals surface area (Å²) in [6.07, 6.45) is 1.99. The average molecular weight is 458 g/mol. The van der Waals surface area contributed by atoms with E-state index in [1.807, 2.05) is 6.07 Å². The summed E-state index contributed by atoms with van der Waals surface area (Å²) in [4.78, 5) is 8.13. The van der Waals surface area contributed by atoms with Crippen LogP contribution in [0.15, 0.2) is 52.8 Å². The third kappa shape index (κ3) is 7.53. The highest BCUT2D eigenvalue weighted by Crippen LogP contribution is 2.12. The number of nitrogens with zero attached hydrogens (tertiary/aromatic N) is 2. The maximum atomic E-state index is 5.90. The summed E-state index contributed by atoms with van der Waals surface area (Å²) in [6, 6.07) is 14.7. The molecule has 1 aromatic heterocycles. The van der Waals surface area contributed by atoms with Gasteiger partial charge in [0.2, 0.25) is 0 Å². The highest BCUT2D eigenvalue weighted by Gasteiger charge is 2.02. The minimum atomic E-state index is 0. The minimum absolute atomic E-state index is 0. The molecule has 0 aliphatic rings. The predicted octanol–water partition coefficient (Wildman–Crippen LogP) is 3.73. The second-order valence-corrected chi connectivity index (χ2v) is 6.32. The quantitative estimate of drug-likeness (QED) is 0.261. The number of aliphatic imine (C=N–C) groups is 1. The molecule has 0 bridgehead atoms. The first-order valence-electron chi connectivity index (χ1n) is 8.15. The number of nitrogens with two attached hydrogens (primary N) is 1. The van der Waals surface area contributed by atoms with E-state index < -0.39 is 0 Å². The van der Waals surface area contributed by atoms with Gasteiger partial charge in [-0.1, -0.05) is 24.3 Å². The normalized spacial score (nSPS) is 11.0. The molecular weight excluding hydrogens is 431 g/mol. The molecule has 0 fully saturated rings. The van der Waals surface area contributed by atoms with Crippen LogP contribution in [0.4, 0.5) is 5.69 Å². The van der Waals surface area contributed by atoms with Crippen molar-refractivity contribution >= 4 is 47.0 Å². The molecular formula is C18H27IN4S. The van der Waals surface area contributed by atoms with Gasteiger partial charge in [-0.25, -0.2) is 0 Å². The lowest BCUT2D eigenvalue weighted by atomic mass is 10.2. The Morgan fingerprint density at radius 1 is 1.21 bits per heavy atom. The fourth-order valence-electron chi connectivity index (χ4n) is 2.39. The molecule has 2 aromatic rings. The maximum Gasteiger partial charge on any atom is 0.188 e. The molecule has 0 saturated heterocycles. The standard InChI is InChI=1S/C18H26N4S.HI/c1-2-22(16-8-4-3-5-9-16)14-7-12-20-18(19)21-13-11-17-10-6-15-23-17;/h3-6,8-10,15H,2,7,11-14H2,1H3,(H3,19,20,21);1H. The van der Waals surface area contributed by atoms with Crippen molar-refractivity contribution in [1.29, 1.82) is 0 Å². The van der Waals surface area contributed by atoms with E-state index in [0.29, 0.717) is 5.96 Å². The van der Waals surface area contributed by atoms with Crippen LogP contribution in [0.1, 0.15) is 18.2 Å². The second-order valence-electron chi connectivity index (χ2n) is 5.29. The molecule has 0 saturated carbocycles. The first kappa shape index (κ1) is 20.8. The molecule has 1 heterocycles. The van der Waals surface area contributed by atoms with Gasteiger partial charge < -0.3 is 16.0 Å². The van der Waals surface area contributed by atoms with Gasteiger partial charge in [0.15, 0.2) is 5.96 Å². The van der Waals surface area contributed by atoms with Crippen LogP contribution in [-0.4, -0.2) is 32.1 Å². The van der Waals surface area contributed by atoms with Crippen LogP contribution in [0.2, 0.25) is 0 Å². The van der Waals surface area contributed by atoms with Crippen LogP contribution in [0.3, 0.4) is 0 Å². The molecule has 1 aromatic carbocycles. The van der Waals surface area contributed by atoms with Gasteiger partial charge in [0, 0.05) is 36.7 Å². The van der Waals surface area contributed by atoms with Crippen molar-refractivity contribution < 1.29 is 0 Å². The molecule has 0 aliphatic heterocycles. The van der Waals surface area contributed by atoms with E-state index in [1.54, 1.807) is 11.3 Å². The van der Waals surface area contributed by atoms with E-state index >= 15 is 0 Å². The summed E-state index contributed by atoms with van der Waals surface area (Å²) in [5.74, 6) is 0.546. The Bertz CT molecular complexity index is 572. The number of benzene rings is 1. The topological polar surface area (TPSA) is 53.6 Å². The minimum Gasteiger partial charge on any atom is -0.372 e. The zero-order valence-electron chi connectivity index (χ0n) is 14.1. The molecule has 4 nitrogen and oxygen atoms in total. The van der Waals surface area contributed by atoms with Gasteiger partial charge in [-0.3, -0.25) is 4.99 Å². The van der Waals surface area contributed by atoms with Crippen molar-refractivity contribution in [2.45, 2.75) is 19.8 Å². The lowest BCUT2D eigenvalue weighted by Gasteiger charge is -2.22. The van der Waals surface area contributed by atoms with E-state index in [9.17, 15) is 0 Å². The van der Waals surface area contributed by atoms with Gasteiger partial charge in [-0.05, 0) is 43.3 Å². The Labute approximate surface area is 166 Å². The average Bonchev–Trinajstić information content (AvgIpc) is 3.09. The Morgan fingerprint density at radius 3 is 2.67 bits per heavy atom. The molecule has 3 N–H and O–H groups in total. The largest absolute Gasteiger partial charge is 0.372 e. The molecule has 0 unspecified atom stereocenters. The van der Waals surface area contributed by atoms with Crippen LogP contribution in [0.25, 0.3) is 0 Å². The van der Waals surface area contributed by atoms with Gasteiger partial charge in [-0.2, -0.15) is 0 Å². The van der Waals surface area contributed by atoms with Crippen molar-refractivity contribution in [2.75, 3.05) is 31.1 Å². The van der Waals surface area contributed by atoms with Crippen molar-refractivity contribution in [3.8, 4) is 0 Å². The lowest BCUT2D eigenvalue weighted by molar-refractivity contribution is 0.749. The van der Waals surface area contributed by atoms with E-state index in [4.69, 9.17) is 5.73 Å². The molecule has 0 amide bonds. The molecule has 6 heteroatoms. The highest BCUT2D eigenvalue weighted by molar-refractivity contribution is 14.0. The number of para-hydroxylation sites is 1. The van der Waals surface area contributed by atoms with Crippen molar-refractivity contribution in [3.63, 3.8) is 0 Å². The monoisotopic (exact) mass is 458 g/mol. The van der Waals surface area contributed by atoms with Crippen LogP contribution >= 0.6 is 35.3 Å². The molecule has 0 spiro atoms. The van der Waals surface area contributed by atoms with Gasteiger partial charge in [-0.15, -0.1) is 35.3 Å². The number of thiophene rings is 1. The summed E-state index contributed by atoms with van der Waals surface area (Å²) < 4.78 is 0. The van der Waals surface area contributed by atoms with Crippen LogP contribution in [0, 0.1) is 0 Å². The van der Waals surface area contributed by atoms with E-state index in [-0.39, 0.29) is 24.0 Å². The molecule has 0 radical (unpaired) electrons. The highest BCUT2D eigenvalue weighted by atomic mass is 127. The zero-order chi connectivity index (χ0) is 16.3. The maximum absolute atomic E-state index is 5.90. The number of halogens is 1. The van der Waals surface area contributed by atoms with Gasteiger partial charge >= 0.3 is 0 Å². The van der Waals surface area contributed by atoms with Gasteiger partial charge in [0.05, 0.1) is 0 Å². The summed E-state index contributed by atoms with van der Waals surface area (Å²) in [5.41, 5.74) is 7.17. The molecule has 132 valence electrons. The zero-order valence-corrected chi connectivity index (χ0v) is 17.3. The van der Waals surface area contributed by atoms with Crippen molar-refractivity contribution in [3.05, 3.63) is 52.7 Å². The smallest absolute Gasteiger partial charge is 0.188 e. The van der Waals surface area contributed by atoms with Crippen molar-refractivity contribution in [2.24, 2.45) is 10.7 Å². The SMILES string of the molecule is CCN(CCCN=C(N)NCCc1cccs1)c1ccccc1.I. The fraction of sp³-hybridized carbons (Fsp3) is 0.389. The summed E-state index contributed by atoms with van der Waals surface area (Å²) in [6.45, 7) is 5.76. The fourth-order valence-corrected chi connectivity index (χ4v) is 3.10. The molecule has 2 rings (SSSR count). The number of hydrogen-bond donors (Lipinski definition) is 2. The van der Waals surface area contributed by atoms with Crippen LogP contribution < -0.4 is 16.0 Å². The number of guanidine groups is 1. The Balaban J connectivity index is 0.00000288. The van der Waals surface area contributed by atoms with Gasteiger partial charge in [0.25, 0.3) is 0 Å². The third-order valence-corrected chi connectivity index (χ3v) is 4.57. The summed E-state index contributed by atoms with van der Waals surface area (Å²) in [5, 5.41) is 5.27. The summed E-state index contributed by atoms with van der Waals surface area (Å²) in [7, 11) is 0. The predicted molar refractivity (Wildman–Crippen MR) is 117 cm³/mol. The van der Waals surface area contributed by atoms with E-state index in [0.717, 1.165) is 39.0 Å². The lowest BCUT2D eigenvalue weighted by Crippen LogP contribution is -2.33. The Morgan fingerprint density at radius 2 is 2.00 bits per heavy atom. The number of rotatable bonds is 9. The third-order valence-electron chi connectivity index (χ3n) is 3.63. The number of hydrogen-bond acceptors (Lipinski definition) is 3. The van der Waals surface area contributed by atoms with Gasteiger partial charge in [0.1, 0.15) is 0 Å². The Kier molecular flexibility index (Phi) is 10.5. The van der Waals surface area contributed by atoms with Crippen LogP contribution in [0.5, 0.6) is 0 Å². The first-order chi connectivity index (χ1) is 11.3. The summed E-state index contributed by atoms with van der Waals surface area (Å²) >= 11 is 1.77. The number of anilines is 1. The first-order valence-corrected chi connectivity index (χ1v) is 9.03. The second kappa shape index (κ2) is 12.1. The molecule has 24 heavy (non-hydrogen) atoms.